The lowest BCUT2D eigenvalue weighted by molar-refractivity contribution is -0.0328. The Morgan fingerprint density at radius 3 is 2.52 bits per heavy atom. The molecule has 1 aliphatic heterocycles. The van der Waals surface area contributed by atoms with Crippen LogP contribution in [-0.4, -0.2) is 43.3 Å². The number of halogens is 3. The van der Waals surface area contributed by atoms with Gasteiger partial charge < -0.3 is 10.5 Å². The summed E-state index contributed by atoms with van der Waals surface area (Å²) in [6, 6.07) is 6.50. The first-order valence-electron chi connectivity index (χ1n) is 6.87. The third-order valence-corrected chi connectivity index (χ3v) is 4.16. The minimum atomic E-state index is -4.25. The second kappa shape index (κ2) is 7.49. The number of ether oxygens (including phenoxy) is 1. The fraction of sp³-hybridized carbons (Fsp3) is 0.571. The van der Waals surface area contributed by atoms with Crippen LogP contribution in [0.3, 0.4) is 0 Å². The van der Waals surface area contributed by atoms with E-state index in [1.165, 1.54) is 12.1 Å². The molecule has 2 N–H and O–H groups in total. The zero-order valence-corrected chi connectivity index (χ0v) is 12.4. The van der Waals surface area contributed by atoms with E-state index in [1.807, 2.05) is 0 Å². The summed E-state index contributed by atoms with van der Waals surface area (Å²) in [7, 11) is 0. The number of hydrogen-bond acceptors (Lipinski definition) is 4. The van der Waals surface area contributed by atoms with Gasteiger partial charge in [-0.15, -0.1) is 0 Å². The van der Waals surface area contributed by atoms with Crippen LogP contribution in [0.4, 0.5) is 13.2 Å². The molecule has 0 aliphatic carbocycles. The molecule has 0 bridgehead atoms. The standard InChI is InChI=1S/C14H19F3N2OS/c15-14(16,17)21-12-4-2-11(3-5-12)13(10-18)19-6-1-8-20-9-7-19/h2-5,13H,1,6-10,18H2. The summed E-state index contributed by atoms with van der Waals surface area (Å²) < 4.78 is 42.4. The van der Waals surface area contributed by atoms with Gasteiger partial charge in [-0.3, -0.25) is 4.90 Å². The Morgan fingerprint density at radius 2 is 1.90 bits per heavy atom. The van der Waals surface area contributed by atoms with E-state index in [4.69, 9.17) is 10.5 Å². The van der Waals surface area contributed by atoms with Crippen LogP contribution >= 0.6 is 11.8 Å². The molecule has 1 aromatic carbocycles. The Kier molecular flexibility index (Phi) is 5.92. The van der Waals surface area contributed by atoms with E-state index in [2.05, 4.69) is 4.90 Å². The maximum absolute atomic E-state index is 12.3. The monoisotopic (exact) mass is 320 g/mol. The Hall–Kier alpha value is -0.760. The van der Waals surface area contributed by atoms with E-state index < -0.39 is 5.51 Å². The van der Waals surface area contributed by atoms with E-state index in [9.17, 15) is 13.2 Å². The highest BCUT2D eigenvalue weighted by Crippen LogP contribution is 2.37. The SMILES string of the molecule is NCC(c1ccc(SC(F)(F)F)cc1)N1CCCOCC1. The molecule has 3 nitrogen and oxygen atoms in total. The maximum atomic E-state index is 12.3. The molecule has 1 unspecified atom stereocenters. The highest BCUT2D eigenvalue weighted by atomic mass is 32.2. The van der Waals surface area contributed by atoms with E-state index in [0.29, 0.717) is 13.2 Å². The molecule has 0 radical (unpaired) electrons. The van der Waals surface area contributed by atoms with Crippen LogP contribution in [0.5, 0.6) is 0 Å². The van der Waals surface area contributed by atoms with Crippen molar-refractivity contribution in [2.24, 2.45) is 5.73 Å². The zero-order chi connectivity index (χ0) is 15.3. The number of hydrogen-bond donors (Lipinski definition) is 1. The highest BCUT2D eigenvalue weighted by Gasteiger charge is 2.29. The number of benzene rings is 1. The van der Waals surface area contributed by atoms with Crippen molar-refractivity contribution in [1.29, 1.82) is 0 Å². The average molecular weight is 320 g/mol. The Morgan fingerprint density at radius 1 is 1.19 bits per heavy atom. The molecule has 1 heterocycles. The van der Waals surface area contributed by atoms with Crippen LogP contribution in [0, 0.1) is 0 Å². The summed E-state index contributed by atoms with van der Waals surface area (Å²) in [5.41, 5.74) is 2.56. The van der Waals surface area contributed by atoms with Crippen molar-refractivity contribution in [3.63, 3.8) is 0 Å². The number of nitrogens with two attached hydrogens (primary N) is 1. The van der Waals surface area contributed by atoms with Crippen LogP contribution in [0.2, 0.25) is 0 Å². The molecule has 118 valence electrons. The van der Waals surface area contributed by atoms with Crippen molar-refractivity contribution >= 4 is 11.8 Å². The van der Waals surface area contributed by atoms with Gasteiger partial charge in [-0.05, 0) is 35.9 Å². The summed E-state index contributed by atoms with van der Waals surface area (Å²) in [5.74, 6) is 0. The minimum Gasteiger partial charge on any atom is -0.380 e. The fourth-order valence-corrected chi connectivity index (χ4v) is 3.00. The van der Waals surface area contributed by atoms with Crippen LogP contribution in [0.1, 0.15) is 18.0 Å². The van der Waals surface area contributed by atoms with E-state index in [0.717, 1.165) is 31.7 Å². The van der Waals surface area contributed by atoms with Gasteiger partial charge in [0.2, 0.25) is 0 Å². The molecule has 0 spiro atoms. The molecule has 1 fully saturated rings. The summed E-state index contributed by atoms with van der Waals surface area (Å²) >= 11 is -0.0972. The van der Waals surface area contributed by atoms with E-state index in [-0.39, 0.29) is 22.7 Å². The van der Waals surface area contributed by atoms with Crippen molar-refractivity contribution < 1.29 is 17.9 Å². The number of rotatable bonds is 4. The molecule has 7 heteroatoms. The Labute approximate surface area is 126 Å². The Balaban J connectivity index is 2.07. The second-order valence-corrected chi connectivity index (χ2v) is 6.01. The normalized spacial score (nSPS) is 19.2. The van der Waals surface area contributed by atoms with E-state index >= 15 is 0 Å². The predicted molar refractivity (Wildman–Crippen MR) is 77.2 cm³/mol. The lowest BCUT2D eigenvalue weighted by Crippen LogP contribution is -2.35. The largest absolute Gasteiger partial charge is 0.446 e. The van der Waals surface area contributed by atoms with Gasteiger partial charge in [0.15, 0.2) is 0 Å². The van der Waals surface area contributed by atoms with Gasteiger partial charge in [-0.2, -0.15) is 13.2 Å². The van der Waals surface area contributed by atoms with Gasteiger partial charge in [0.1, 0.15) is 0 Å². The molecular weight excluding hydrogens is 301 g/mol. The molecule has 1 saturated heterocycles. The highest BCUT2D eigenvalue weighted by molar-refractivity contribution is 8.00. The first kappa shape index (κ1) is 16.6. The molecule has 0 aromatic heterocycles. The molecule has 1 atom stereocenters. The van der Waals surface area contributed by atoms with Crippen molar-refractivity contribution in [2.75, 3.05) is 32.8 Å². The van der Waals surface area contributed by atoms with Crippen molar-refractivity contribution in [1.82, 2.24) is 4.90 Å². The Bertz CT molecular complexity index is 431. The predicted octanol–water partition coefficient (Wildman–Crippen LogP) is 3.02. The molecule has 21 heavy (non-hydrogen) atoms. The second-order valence-electron chi connectivity index (χ2n) is 4.87. The van der Waals surface area contributed by atoms with Crippen LogP contribution < -0.4 is 5.73 Å². The number of nitrogens with zero attached hydrogens (tertiary/aromatic N) is 1. The van der Waals surface area contributed by atoms with Crippen LogP contribution in [0.25, 0.3) is 0 Å². The lowest BCUT2D eigenvalue weighted by Gasteiger charge is -2.29. The molecule has 1 aromatic rings. The summed E-state index contributed by atoms with van der Waals surface area (Å²) in [6.45, 7) is 3.53. The van der Waals surface area contributed by atoms with Crippen molar-refractivity contribution in [3.8, 4) is 0 Å². The fourth-order valence-electron chi connectivity index (χ4n) is 2.46. The van der Waals surface area contributed by atoms with Gasteiger partial charge in [-0.25, -0.2) is 0 Å². The number of thioether (sulfide) groups is 1. The lowest BCUT2D eigenvalue weighted by atomic mass is 10.1. The van der Waals surface area contributed by atoms with Crippen molar-refractivity contribution in [3.05, 3.63) is 29.8 Å². The molecular formula is C14H19F3N2OS. The van der Waals surface area contributed by atoms with Gasteiger partial charge in [0, 0.05) is 37.2 Å². The van der Waals surface area contributed by atoms with Gasteiger partial charge in [-0.1, -0.05) is 12.1 Å². The third kappa shape index (κ3) is 5.18. The molecule has 1 aliphatic rings. The van der Waals surface area contributed by atoms with Gasteiger partial charge in [0.05, 0.1) is 6.61 Å². The zero-order valence-electron chi connectivity index (χ0n) is 11.6. The topological polar surface area (TPSA) is 38.5 Å². The average Bonchev–Trinajstić information content (AvgIpc) is 2.69. The van der Waals surface area contributed by atoms with E-state index in [1.54, 1.807) is 12.1 Å². The van der Waals surface area contributed by atoms with Crippen LogP contribution in [-0.2, 0) is 4.74 Å². The molecule has 0 amide bonds. The quantitative estimate of drug-likeness (QED) is 0.866. The number of alkyl halides is 3. The maximum Gasteiger partial charge on any atom is 0.446 e. The smallest absolute Gasteiger partial charge is 0.380 e. The molecule has 0 saturated carbocycles. The van der Waals surface area contributed by atoms with Crippen molar-refractivity contribution in [2.45, 2.75) is 22.9 Å². The van der Waals surface area contributed by atoms with Crippen LogP contribution in [0.15, 0.2) is 29.2 Å². The first-order valence-corrected chi connectivity index (χ1v) is 7.69. The van der Waals surface area contributed by atoms with Gasteiger partial charge >= 0.3 is 5.51 Å². The summed E-state index contributed by atoms with van der Waals surface area (Å²) in [6.07, 6.45) is 0.943. The third-order valence-electron chi connectivity index (χ3n) is 3.42. The van der Waals surface area contributed by atoms with Gasteiger partial charge in [0.25, 0.3) is 0 Å². The summed E-state index contributed by atoms with van der Waals surface area (Å²) in [5, 5.41) is 0. The molecule has 2 rings (SSSR count). The minimum absolute atomic E-state index is 0.0247. The summed E-state index contributed by atoms with van der Waals surface area (Å²) in [4.78, 5) is 2.43. The first-order chi connectivity index (χ1) is 9.99.